The van der Waals surface area contributed by atoms with Gasteiger partial charge >= 0.3 is 0 Å². The number of aromatic amines is 1. The van der Waals surface area contributed by atoms with Crippen LogP contribution in [0.25, 0.3) is 22.4 Å². The first-order valence-electron chi connectivity index (χ1n) is 7.46. The predicted molar refractivity (Wildman–Crippen MR) is 97.0 cm³/mol. The minimum atomic E-state index is 0.518. The van der Waals surface area contributed by atoms with Gasteiger partial charge in [0.25, 0.3) is 0 Å². The number of H-pyrrole nitrogens is 1. The summed E-state index contributed by atoms with van der Waals surface area (Å²) in [7, 11) is 1.62. The molecule has 6 nitrogen and oxygen atoms in total. The lowest BCUT2D eigenvalue weighted by molar-refractivity contribution is 0.391. The first kappa shape index (κ1) is 16.0. The fourth-order valence-electron chi connectivity index (χ4n) is 2.35. The molecule has 4 rings (SSSR count). The van der Waals surface area contributed by atoms with Crippen LogP contribution >= 0.6 is 23.4 Å². The van der Waals surface area contributed by atoms with E-state index in [2.05, 4.69) is 20.1 Å². The van der Waals surface area contributed by atoms with E-state index >= 15 is 0 Å². The standard InChI is InChI=1S/C17H13ClN4O2S/c1-23-12-4-2-3-10(7-12)16-21-15(24-22-16)9-25-17-19-13-6-5-11(18)8-14(13)20-17/h2-8H,9H2,1H3,(H,19,20). The highest BCUT2D eigenvalue weighted by Crippen LogP contribution is 2.26. The summed E-state index contributed by atoms with van der Waals surface area (Å²) in [6.45, 7) is 0. The van der Waals surface area contributed by atoms with Crippen LogP contribution in [0.5, 0.6) is 5.75 Å². The molecule has 0 fully saturated rings. The summed E-state index contributed by atoms with van der Waals surface area (Å²) < 4.78 is 10.5. The Labute approximate surface area is 152 Å². The Bertz CT molecular complexity index is 1030. The van der Waals surface area contributed by atoms with Gasteiger partial charge in [-0.05, 0) is 30.3 Å². The van der Waals surface area contributed by atoms with E-state index in [9.17, 15) is 0 Å². The molecule has 4 aromatic rings. The van der Waals surface area contributed by atoms with Gasteiger partial charge in [-0.25, -0.2) is 4.98 Å². The minimum absolute atomic E-state index is 0.518. The molecule has 0 unspecified atom stereocenters. The van der Waals surface area contributed by atoms with Crippen molar-refractivity contribution < 1.29 is 9.26 Å². The van der Waals surface area contributed by atoms with Crippen molar-refractivity contribution in [2.24, 2.45) is 0 Å². The smallest absolute Gasteiger partial charge is 0.237 e. The molecule has 2 aromatic carbocycles. The van der Waals surface area contributed by atoms with Gasteiger partial charge in [-0.3, -0.25) is 0 Å². The van der Waals surface area contributed by atoms with E-state index in [1.54, 1.807) is 7.11 Å². The van der Waals surface area contributed by atoms with Crippen LogP contribution in [0.2, 0.25) is 5.02 Å². The van der Waals surface area contributed by atoms with Crippen molar-refractivity contribution in [3.05, 3.63) is 53.4 Å². The third-order valence-electron chi connectivity index (χ3n) is 3.55. The number of hydrogen-bond donors (Lipinski definition) is 1. The molecule has 0 atom stereocenters. The van der Waals surface area contributed by atoms with Crippen LogP contribution in [-0.4, -0.2) is 27.2 Å². The first-order chi connectivity index (χ1) is 12.2. The second-order valence-electron chi connectivity index (χ2n) is 5.24. The number of methoxy groups -OCH3 is 1. The predicted octanol–water partition coefficient (Wildman–Crippen LogP) is 4.57. The lowest BCUT2D eigenvalue weighted by atomic mass is 10.2. The average Bonchev–Trinajstić information content (AvgIpc) is 3.26. The van der Waals surface area contributed by atoms with Gasteiger partial charge < -0.3 is 14.2 Å². The molecule has 0 aliphatic heterocycles. The van der Waals surface area contributed by atoms with Crippen LogP contribution in [-0.2, 0) is 5.75 Å². The Balaban J connectivity index is 1.48. The maximum absolute atomic E-state index is 5.99. The average molecular weight is 373 g/mol. The molecule has 0 saturated heterocycles. The largest absolute Gasteiger partial charge is 0.497 e. The molecule has 0 amide bonds. The molecule has 0 saturated carbocycles. The maximum Gasteiger partial charge on any atom is 0.237 e. The SMILES string of the molecule is COc1cccc(-c2noc(CSc3nc4ccc(Cl)cc4[nH]3)n2)c1. The molecule has 1 N–H and O–H groups in total. The molecule has 0 spiro atoms. The maximum atomic E-state index is 5.99. The number of hydrogen-bond acceptors (Lipinski definition) is 6. The molecule has 2 heterocycles. The van der Waals surface area contributed by atoms with Crippen LogP contribution in [0.3, 0.4) is 0 Å². The third-order valence-corrected chi connectivity index (χ3v) is 4.64. The highest BCUT2D eigenvalue weighted by atomic mass is 35.5. The molecule has 126 valence electrons. The zero-order valence-electron chi connectivity index (χ0n) is 13.2. The second-order valence-corrected chi connectivity index (χ2v) is 6.64. The fourth-order valence-corrected chi connectivity index (χ4v) is 3.24. The molecule has 0 aliphatic carbocycles. The summed E-state index contributed by atoms with van der Waals surface area (Å²) in [6, 6.07) is 13.1. The normalized spacial score (nSPS) is 11.1. The Morgan fingerprint density at radius 1 is 1.20 bits per heavy atom. The van der Waals surface area contributed by atoms with E-state index in [1.807, 2.05) is 42.5 Å². The van der Waals surface area contributed by atoms with E-state index in [4.69, 9.17) is 20.9 Å². The van der Waals surface area contributed by atoms with Gasteiger partial charge in [0, 0.05) is 10.6 Å². The Kier molecular flexibility index (Phi) is 4.33. The zero-order chi connectivity index (χ0) is 17.2. The number of halogens is 1. The lowest BCUT2D eigenvalue weighted by Crippen LogP contribution is -1.86. The minimum Gasteiger partial charge on any atom is -0.497 e. The van der Waals surface area contributed by atoms with Crippen LogP contribution in [0.4, 0.5) is 0 Å². The molecule has 0 aliphatic rings. The monoisotopic (exact) mass is 372 g/mol. The van der Waals surface area contributed by atoms with Crippen LogP contribution < -0.4 is 4.74 Å². The van der Waals surface area contributed by atoms with Crippen molar-refractivity contribution in [1.82, 2.24) is 20.1 Å². The Hall–Kier alpha value is -2.51. The molecule has 2 aromatic heterocycles. The zero-order valence-corrected chi connectivity index (χ0v) is 14.8. The quantitative estimate of drug-likeness (QED) is 0.517. The summed E-state index contributed by atoms with van der Waals surface area (Å²) in [5.41, 5.74) is 2.62. The van der Waals surface area contributed by atoms with Crippen LogP contribution in [0.1, 0.15) is 5.89 Å². The van der Waals surface area contributed by atoms with Gasteiger partial charge in [0.2, 0.25) is 11.7 Å². The second kappa shape index (κ2) is 6.78. The van der Waals surface area contributed by atoms with E-state index < -0.39 is 0 Å². The van der Waals surface area contributed by atoms with Crippen LogP contribution in [0.15, 0.2) is 52.1 Å². The number of ether oxygens (including phenoxy) is 1. The summed E-state index contributed by atoms with van der Waals surface area (Å²) in [5.74, 6) is 2.33. The number of aromatic nitrogens is 4. The molecular formula is C17H13ClN4O2S. The molecular weight excluding hydrogens is 360 g/mol. The van der Waals surface area contributed by atoms with E-state index in [-0.39, 0.29) is 0 Å². The first-order valence-corrected chi connectivity index (χ1v) is 8.83. The van der Waals surface area contributed by atoms with Crippen molar-refractivity contribution in [3.8, 4) is 17.1 Å². The Morgan fingerprint density at radius 2 is 2.12 bits per heavy atom. The number of nitrogens with zero attached hydrogens (tertiary/aromatic N) is 3. The number of benzene rings is 2. The topological polar surface area (TPSA) is 76.8 Å². The number of fused-ring (bicyclic) bond motifs is 1. The number of imidazole rings is 1. The highest BCUT2D eigenvalue weighted by molar-refractivity contribution is 7.98. The van der Waals surface area contributed by atoms with Crippen molar-refractivity contribution in [2.45, 2.75) is 10.9 Å². The molecule has 25 heavy (non-hydrogen) atoms. The summed E-state index contributed by atoms with van der Waals surface area (Å²) in [5, 5.41) is 5.48. The van der Waals surface area contributed by atoms with Gasteiger partial charge in [0.1, 0.15) is 5.75 Å². The Morgan fingerprint density at radius 3 is 3.00 bits per heavy atom. The summed E-state index contributed by atoms with van der Waals surface area (Å²) in [6.07, 6.45) is 0. The summed E-state index contributed by atoms with van der Waals surface area (Å²) in [4.78, 5) is 12.1. The van der Waals surface area contributed by atoms with Gasteiger partial charge in [-0.15, -0.1) is 0 Å². The van der Waals surface area contributed by atoms with Crippen molar-refractivity contribution >= 4 is 34.4 Å². The van der Waals surface area contributed by atoms with E-state index in [1.165, 1.54) is 11.8 Å². The van der Waals surface area contributed by atoms with Gasteiger partial charge in [-0.1, -0.05) is 40.7 Å². The van der Waals surface area contributed by atoms with Gasteiger partial charge in [-0.2, -0.15) is 4.98 Å². The van der Waals surface area contributed by atoms with Crippen molar-refractivity contribution in [2.75, 3.05) is 7.11 Å². The van der Waals surface area contributed by atoms with Gasteiger partial charge in [0.05, 0.1) is 23.9 Å². The molecule has 0 radical (unpaired) electrons. The van der Waals surface area contributed by atoms with E-state index in [0.29, 0.717) is 22.5 Å². The van der Waals surface area contributed by atoms with E-state index in [0.717, 1.165) is 27.5 Å². The highest BCUT2D eigenvalue weighted by Gasteiger charge is 2.11. The third kappa shape index (κ3) is 3.47. The lowest BCUT2D eigenvalue weighted by Gasteiger charge is -1.99. The summed E-state index contributed by atoms with van der Waals surface area (Å²) >= 11 is 7.48. The van der Waals surface area contributed by atoms with Crippen molar-refractivity contribution in [3.63, 3.8) is 0 Å². The molecule has 0 bridgehead atoms. The fraction of sp³-hybridized carbons (Fsp3) is 0.118. The van der Waals surface area contributed by atoms with Crippen molar-refractivity contribution in [1.29, 1.82) is 0 Å². The molecule has 8 heteroatoms. The number of nitrogens with one attached hydrogen (secondary N) is 1. The van der Waals surface area contributed by atoms with Crippen LogP contribution in [0, 0.1) is 0 Å². The van der Waals surface area contributed by atoms with Gasteiger partial charge in [0.15, 0.2) is 5.16 Å². The number of rotatable bonds is 5. The number of thioether (sulfide) groups is 1.